The summed E-state index contributed by atoms with van der Waals surface area (Å²) < 4.78 is 1.40. The Kier molecular flexibility index (Phi) is 2.76. The molecular formula is C11H10N4O3S. The van der Waals surface area contributed by atoms with E-state index in [0.29, 0.717) is 23.0 Å². The third-order valence-electron chi connectivity index (χ3n) is 2.88. The number of aliphatic hydroxyl groups is 1. The second-order valence-electron chi connectivity index (χ2n) is 4.06. The molecule has 2 heterocycles. The van der Waals surface area contributed by atoms with E-state index in [2.05, 4.69) is 10.1 Å². The van der Waals surface area contributed by atoms with E-state index in [-0.39, 0.29) is 5.69 Å². The van der Waals surface area contributed by atoms with Crippen LogP contribution in [0.15, 0.2) is 28.3 Å². The molecule has 1 aliphatic rings. The van der Waals surface area contributed by atoms with Crippen LogP contribution >= 0.6 is 11.8 Å². The van der Waals surface area contributed by atoms with Gasteiger partial charge in [-0.3, -0.25) is 10.1 Å². The highest BCUT2D eigenvalue weighted by Crippen LogP contribution is 2.40. The molecule has 0 amide bonds. The average molecular weight is 278 g/mol. The van der Waals surface area contributed by atoms with Gasteiger partial charge in [0.2, 0.25) is 0 Å². The van der Waals surface area contributed by atoms with E-state index in [4.69, 9.17) is 0 Å². The smallest absolute Gasteiger partial charge is 0.269 e. The Labute approximate surface area is 112 Å². The van der Waals surface area contributed by atoms with Gasteiger partial charge >= 0.3 is 0 Å². The van der Waals surface area contributed by atoms with Crippen LogP contribution in [0.25, 0.3) is 0 Å². The zero-order valence-electron chi connectivity index (χ0n) is 9.98. The van der Waals surface area contributed by atoms with E-state index in [9.17, 15) is 15.2 Å². The summed E-state index contributed by atoms with van der Waals surface area (Å²) in [6, 6.07) is 4.43. The largest absolute Gasteiger partial charge is 0.368 e. The molecule has 1 atom stereocenters. The number of benzene rings is 1. The van der Waals surface area contributed by atoms with Gasteiger partial charge in [-0.05, 0) is 17.8 Å². The fraction of sp³-hybridized carbons (Fsp3) is 0.273. The molecule has 0 saturated carbocycles. The number of aryl methyl sites for hydroxylation is 1. The van der Waals surface area contributed by atoms with Crippen molar-refractivity contribution in [3.63, 3.8) is 0 Å². The SMILES string of the molecule is CCc1nc2n(n1)[C@@H](O)c1cc([N+](=O)[O-])ccc1S2. The van der Waals surface area contributed by atoms with Gasteiger partial charge in [0.05, 0.1) is 4.92 Å². The summed E-state index contributed by atoms with van der Waals surface area (Å²) in [6.07, 6.45) is -0.358. The van der Waals surface area contributed by atoms with Crippen LogP contribution in [0, 0.1) is 10.1 Å². The lowest BCUT2D eigenvalue weighted by Gasteiger charge is -2.21. The number of nitro groups is 1. The molecule has 19 heavy (non-hydrogen) atoms. The number of hydrogen-bond acceptors (Lipinski definition) is 6. The van der Waals surface area contributed by atoms with Crippen LogP contribution in [-0.2, 0) is 6.42 Å². The second kappa shape index (κ2) is 4.32. The molecular weight excluding hydrogens is 268 g/mol. The maximum absolute atomic E-state index is 10.8. The normalized spacial score (nSPS) is 16.8. The molecule has 0 fully saturated rings. The summed E-state index contributed by atoms with van der Waals surface area (Å²) in [5.74, 6) is 0.642. The van der Waals surface area contributed by atoms with Crippen molar-refractivity contribution in [3.8, 4) is 0 Å². The highest BCUT2D eigenvalue weighted by Gasteiger charge is 2.28. The van der Waals surface area contributed by atoms with Gasteiger partial charge in [0, 0.05) is 29.0 Å². The van der Waals surface area contributed by atoms with Crippen molar-refractivity contribution in [3.05, 3.63) is 39.7 Å². The summed E-state index contributed by atoms with van der Waals surface area (Å²) in [6.45, 7) is 1.93. The highest BCUT2D eigenvalue weighted by molar-refractivity contribution is 7.99. The Hall–Kier alpha value is -1.93. The van der Waals surface area contributed by atoms with Crippen LogP contribution in [0.3, 0.4) is 0 Å². The zero-order valence-corrected chi connectivity index (χ0v) is 10.8. The minimum atomic E-state index is -1.03. The first-order valence-corrected chi connectivity index (χ1v) is 6.51. The first-order valence-electron chi connectivity index (χ1n) is 5.70. The summed E-state index contributed by atoms with van der Waals surface area (Å²) in [5.41, 5.74) is 0.442. The summed E-state index contributed by atoms with van der Waals surface area (Å²) >= 11 is 1.35. The molecule has 1 aliphatic heterocycles. The fourth-order valence-corrected chi connectivity index (χ4v) is 2.90. The number of rotatable bonds is 2. The number of aliphatic hydroxyl groups excluding tert-OH is 1. The molecule has 0 aliphatic carbocycles. The van der Waals surface area contributed by atoms with Crippen molar-refractivity contribution in [2.75, 3.05) is 0 Å². The third-order valence-corrected chi connectivity index (χ3v) is 3.93. The molecule has 0 bridgehead atoms. The minimum Gasteiger partial charge on any atom is -0.368 e. The number of fused-ring (bicyclic) bond motifs is 2. The number of hydrogen-bond donors (Lipinski definition) is 1. The van der Waals surface area contributed by atoms with Crippen molar-refractivity contribution >= 4 is 17.4 Å². The molecule has 7 nitrogen and oxygen atoms in total. The lowest BCUT2D eigenvalue weighted by atomic mass is 10.1. The van der Waals surface area contributed by atoms with E-state index in [0.717, 1.165) is 4.90 Å². The molecule has 3 rings (SSSR count). The fourth-order valence-electron chi connectivity index (χ4n) is 1.90. The van der Waals surface area contributed by atoms with Crippen molar-refractivity contribution in [1.82, 2.24) is 14.8 Å². The maximum Gasteiger partial charge on any atom is 0.269 e. The lowest BCUT2D eigenvalue weighted by Crippen LogP contribution is -2.17. The van der Waals surface area contributed by atoms with Gasteiger partial charge in [-0.15, -0.1) is 0 Å². The first-order chi connectivity index (χ1) is 9.10. The van der Waals surface area contributed by atoms with E-state index in [1.54, 1.807) is 6.07 Å². The standard InChI is InChI=1S/C11H10N4O3S/c1-2-9-12-11-14(13-9)10(16)7-5-6(15(17)18)3-4-8(7)19-11/h3-5,10,16H,2H2,1H3/t10-/m0/s1. The predicted octanol–water partition coefficient (Wildman–Crippen LogP) is 1.75. The van der Waals surface area contributed by atoms with Gasteiger partial charge in [0.1, 0.15) is 0 Å². The highest BCUT2D eigenvalue weighted by atomic mass is 32.2. The van der Waals surface area contributed by atoms with Gasteiger partial charge in [0.25, 0.3) is 5.69 Å². The van der Waals surface area contributed by atoms with Gasteiger partial charge in [0.15, 0.2) is 17.2 Å². The van der Waals surface area contributed by atoms with E-state index >= 15 is 0 Å². The van der Waals surface area contributed by atoms with Crippen molar-refractivity contribution < 1.29 is 10.0 Å². The van der Waals surface area contributed by atoms with Crippen molar-refractivity contribution in [2.45, 2.75) is 29.6 Å². The Morgan fingerprint density at radius 3 is 3.05 bits per heavy atom. The van der Waals surface area contributed by atoms with Crippen LogP contribution in [0.5, 0.6) is 0 Å². The van der Waals surface area contributed by atoms with Gasteiger partial charge < -0.3 is 5.11 Å². The summed E-state index contributed by atoms with van der Waals surface area (Å²) in [4.78, 5) is 15.4. The second-order valence-corrected chi connectivity index (χ2v) is 5.07. The molecule has 0 spiro atoms. The zero-order chi connectivity index (χ0) is 13.6. The Balaban J connectivity index is 2.09. The van der Waals surface area contributed by atoms with Gasteiger partial charge in [-0.2, -0.15) is 5.10 Å². The molecule has 0 saturated heterocycles. The molecule has 98 valence electrons. The number of non-ortho nitro benzene ring substituents is 1. The maximum atomic E-state index is 10.8. The molecule has 1 N–H and O–H groups in total. The monoisotopic (exact) mass is 278 g/mol. The third kappa shape index (κ3) is 1.89. The van der Waals surface area contributed by atoms with Gasteiger partial charge in [-0.1, -0.05) is 6.92 Å². The van der Waals surface area contributed by atoms with E-state index in [1.165, 1.54) is 28.6 Å². The quantitative estimate of drug-likeness (QED) is 0.664. The molecule has 1 aromatic heterocycles. The lowest BCUT2D eigenvalue weighted by molar-refractivity contribution is -0.385. The van der Waals surface area contributed by atoms with Crippen molar-refractivity contribution in [2.24, 2.45) is 0 Å². The molecule has 1 aromatic carbocycles. The Bertz CT molecular complexity index is 670. The van der Waals surface area contributed by atoms with Crippen LogP contribution in [0.4, 0.5) is 5.69 Å². The topological polar surface area (TPSA) is 94.1 Å². The Morgan fingerprint density at radius 1 is 1.58 bits per heavy atom. The first kappa shape index (κ1) is 12.1. The Morgan fingerprint density at radius 2 is 2.37 bits per heavy atom. The molecule has 0 unspecified atom stereocenters. The average Bonchev–Trinajstić information content (AvgIpc) is 2.82. The minimum absolute atomic E-state index is 0.0438. The number of nitro benzene ring substituents is 1. The molecule has 2 aromatic rings. The van der Waals surface area contributed by atoms with E-state index < -0.39 is 11.2 Å². The van der Waals surface area contributed by atoms with Crippen LogP contribution in [0.1, 0.15) is 24.5 Å². The van der Waals surface area contributed by atoms with E-state index in [1.807, 2.05) is 6.92 Å². The molecule has 0 radical (unpaired) electrons. The van der Waals surface area contributed by atoms with Gasteiger partial charge in [-0.25, -0.2) is 9.67 Å². The van der Waals surface area contributed by atoms with Crippen molar-refractivity contribution in [1.29, 1.82) is 0 Å². The van der Waals surface area contributed by atoms with Crippen LogP contribution in [0.2, 0.25) is 0 Å². The summed E-state index contributed by atoms with van der Waals surface area (Å²) in [7, 11) is 0. The number of aromatic nitrogens is 3. The molecule has 8 heteroatoms. The van der Waals surface area contributed by atoms with Crippen LogP contribution < -0.4 is 0 Å². The summed E-state index contributed by atoms with van der Waals surface area (Å²) in [5, 5.41) is 25.8. The number of nitrogens with zero attached hydrogens (tertiary/aromatic N) is 4. The predicted molar refractivity (Wildman–Crippen MR) is 67.0 cm³/mol. The van der Waals surface area contributed by atoms with Crippen LogP contribution in [-0.4, -0.2) is 24.8 Å².